The Labute approximate surface area is 107 Å². The quantitative estimate of drug-likeness (QED) is 0.618. The summed E-state index contributed by atoms with van der Waals surface area (Å²) in [7, 11) is 0. The molecule has 0 bridgehead atoms. The highest BCUT2D eigenvalue weighted by Gasteiger charge is 2.04. The molecule has 0 heterocycles. The summed E-state index contributed by atoms with van der Waals surface area (Å²) in [5.74, 6) is 0. The molecule has 0 radical (unpaired) electrons. The van der Waals surface area contributed by atoms with Gasteiger partial charge in [-0.3, -0.25) is 0 Å². The predicted octanol–water partition coefficient (Wildman–Crippen LogP) is 4.53. The fourth-order valence-corrected chi connectivity index (χ4v) is 2.13. The zero-order chi connectivity index (χ0) is 12.3. The molecule has 0 aliphatic rings. The first-order valence-electron chi connectivity index (χ1n) is 7.14. The van der Waals surface area contributed by atoms with Gasteiger partial charge in [0.1, 0.15) is 0 Å². The van der Waals surface area contributed by atoms with Crippen molar-refractivity contribution < 1.29 is 0 Å². The summed E-state index contributed by atoms with van der Waals surface area (Å²) in [6.45, 7) is 5.56. The third-order valence-electron chi connectivity index (χ3n) is 3.34. The predicted molar refractivity (Wildman–Crippen MR) is 76.1 cm³/mol. The van der Waals surface area contributed by atoms with E-state index in [9.17, 15) is 0 Å². The molecule has 0 fully saturated rings. The molecule has 0 aliphatic carbocycles. The van der Waals surface area contributed by atoms with Gasteiger partial charge in [0.2, 0.25) is 0 Å². The van der Waals surface area contributed by atoms with Gasteiger partial charge in [-0.1, -0.05) is 69.9 Å². The summed E-state index contributed by atoms with van der Waals surface area (Å²) in [6, 6.07) is 11.4. The number of rotatable bonds is 9. The zero-order valence-corrected chi connectivity index (χ0v) is 11.4. The van der Waals surface area contributed by atoms with Gasteiger partial charge in [-0.05, 0) is 18.4 Å². The summed E-state index contributed by atoms with van der Waals surface area (Å²) in [4.78, 5) is 0. The van der Waals surface area contributed by atoms with E-state index in [1.165, 1.54) is 44.1 Å². The van der Waals surface area contributed by atoms with Gasteiger partial charge < -0.3 is 5.32 Å². The van der Waals surface area contributed by atoms with E-state index < -0.39 is 0 Å². The van der Waals surface area contributed by atoms with Crippen LogP contribution in [-0.2, 0) is 6.54 Å². The fraction of sp³-hybridized carbons (Fsp3) is 0.625. The van der Waals surface area contributed by atoms with Gasteiger partial charge in [-0.2, -0.15) is 0 Å². The molecular formula is C16H27N. The fourth-order valence-electron chi connectivity index (χ4n) is 2.13. The average Bonchev–Trinajstić information content (AvgIpc) is 2.39. The van der Waals surface area contributed by atoms with Crippen LogP contribution in [0.1, 0.15) is 57.9 Å². The molecule has 0 aromatic heterocycles. The van der Waals surface area contributed by atoms with Crippen LogP contribution in [0.5, 0.6) is 0 Å². The average molecular weight is 233 g/mol. The largest absolute Gasteiger partial charge is 0.310 e. The SMILES string of the molecule is CCCCCCC(CC)NCc1ccccc1. The molecule has 0 saturated carbocycles. The normalized spacial score (nSPS) is 12.6. The summed E-state index contributed by atoms with van der Waals surface area (Å²) in [5, 5.41) is 3.66. The van der Waals surface area contributed by atoms with Crippen molar-refractivity contribution in [3.05, 3.63) is 35.9 Å². The lowest BCUT2D eigenvalue weighted by atomic mass is 10.0. The van der Waals surface area contributed by atoms with Crippen molar-refractivity contribution in [3.63, 3.8) is 0 Å². The molecule has 1 aromatic rings. The molecule has 1 unspecified atom stereocenters. The standard InChI is InChI=1S/C16H27N/c1-3-5-6-10-13-16(4-2)17-14-15-11-8-7-9-12-15/h7-9,11-12,16-17H,3-6,10,13-14H2,1-2H3. The van der Waals surface area contributed by atoms with E-state index >= 15 is 0 Å². The summed E-state index contributed by atoms with van der Waals surface area (Å²) < 4.78 is 0. The minimum Gasteiger partial charge on any atom is -0.310 e. The first-order chi connectivity index (χ1) is 8.36. The molecule has 0 saturated heterocycles. The lowest BCUT2D eigenvalue weighted by molar-refractivity contribution is 0.444. The molecule has 1 aromatic carbocycles. The highest BCUT2D eigenvalue weighted by molar-refractivity contribution is 5.14. The van der Waals surface area contributed by atoms with Crippen molar-refractivity contribution in [2.75, 3.05) is 0 Å². The summed E-state index contributed by atoms with van der Waals surface area (Å²) in [5.41, 5.74) is 1.39. The minimum absolute atomic E-state index is 0.687. The van der Waals surface area contributed by atoms with Crippen molar-refractivity contribution in [1.29, 1.82) is 0 Å². The highest BCUT2D eigenvalue weighted by Crippen LogP contribution is 2.09. The van der Waals surface area contributed by atoms with Crippen LogP contribution in [0, 0.1) is 0 Å². The molecule has 1 heteroatoms. The molecule has 0 aliphatic heterocycles. The molecule has 17 heavy (non-hydrogen) atoms. The highest BCUT2D eigenvalue weighted by atomic mass is 14.9. The monoisotopic (exact) mass is 233 g/mol. The first kappa shape index (κ1) is 14.2. The van der Waals surface area contributed by atoms with Crippen molar-refractivity contribution in [1.82, 2.24) is 5.32 Å². The summed E-state index contributed by atoms with van der Waals surface area (Å²) >= 11 is 0. The second kappa shape index (κ2) is 9.23. The van der Waals surface area contributed by atoms with Crippen LogP contribution in [0.2, 0.25) is 0 Å². The van der Waals surface area contributed by atoms with Crippen molar-refractivity contribution in [3.8, 4) is 0 Å². The zero-order valence-electron chi connectivity index (χ0n) is 11.4. The number of hydrogen-bond acceptors (Lipinski definition) is 1. The van der Waals surface area contributed by atoms with E-state index in [2.05, 4.69) is 49.5 Å². The molecular weight excluding hydrogens is 206 g/mol. The molecule has 1 N–H and O–H groups in total. The number of unbranched alkanes of at least 4 members (excludes halogenated alkanes) is 3. The van der Waals surface area contributed by atoms with Crippen LogP contribution in [0.4, 0.5) is 0 Å². The van der Waals surface area contributed by atoms with Gasteiger partial charge in [0, 0.05) is 12.6 Å². The Morgan fingerprint density at radius 3 is 2.41 bits per heavy atom. The van der Waals surface area contributed by atoms with E-state index in [1.807, 2.05) is 0 Å². The van der Waals surface area contributed by atoms with E-state index in [1.54, 1.807) is 0 Å². The molecule has 0 amide bonds. The van der Waals surface area contributed by atoms with Crippen molar-refractivity contribution >= 4 is 0 Å². The van der Waals surface area contributed by atoms with Crippen molar-refractivity contribution in [2.45, 2.75) is 65.0 Å². The Bertz CT molecular complexity index is 268. The van der Waals surface area contributed by atoms with Crippen LogP contribution < -0.4 is 5.32 Å². The Morgan fingerprint density at radius 1 is 1.00 bits per heavy atom. The van der Waals surface area contributed by atoms with Crippen molar-refractivity contribution in [2.24, 2.45) is 0 Å². The molecule has 1 rings (SSSR count). The van der Waals surface area contributed by atoms with Gasteiger partial charge in [-0.15, -0.1) is 0 Å². The third kappa shape index (κ3) is 6.48. The minimum atomic E-state index is 0.687. The van der Waals surface area contributed by atoms with Gasteiger partial charge >= 0.3 is 0 Å². The van der Waals surface area contributed by atoms with E-state index in [-0.39, 0.29) is 0 Å². The maximum atomic E-state index is 3.66. The van der Waals surface area contributed by atoms with Crippen LogP contribution in [0.25, 0.3) is 0 Å². The van der Waals surface area contributed by atoms with E-state index in [0.717, 1.165) is 6.54 Å². The molecule has 0 spiro atoms. The molecule has 96 valence electrons. The third-order valence-corrected chi connectivity index (χ3v) is 3.34. The Hall–Kier alpha value is -0.820. The van der Waals surface area contributed by atoms with E-state index in [4.69, 9.17) is 0 Å². The Morgan fingerprint density at radius 2 is 1.76 bits per heavy atom. The topological polar surface area (TPSA) is 12.0 Å². The van der Waals surface area contributed by atoms with Crippen LogP contribution in [0.3, 0.4) is 0 Å². The van der Waals surface area contributed by atoms with Gasteiger partial charge in [0.05, 0.1) is 0 Å². The van der Waals surface area contributed by atoms with Gasteiger partial charge in [0.25, 0.3) is 0 Å². The van der Waals surface area contributed by atoms with E-state index in [0.29, 0.717) is 6.04 Å². The van der Waals surface area contributed by atoms with Crippen LogP contribution in [0.15, 0.2) is 30.3 Å². The smallest absolute Gasteiger partial charge is 0.0208 e. The Kier molecular flexibility index (Phi) is 7.74. The first-order valence-corrected chi connectivity index (χ1v) is 7.14. The second-order valence-corrected chi connectivity index (χ2v) is 4.82. The number of hydrogen-bond donors (Lipinski definition) is 1. The second-order valence-electron chi connectivity index (χ2n) is 4.82. The summed E-state index contributed by atoms with van der Waals surface area (Å²) in [6.07, 6.45) is 8.03. The van der Waals surface area contributed by atoms with Crippen LogP contribution in [-0.4, -0.2) is 6.04 Å². The number of nitrogens with one attached hydrogen (secondary N) is 1. The van der Waals surface area contributed by atoms with Gasteiger partial charge in [0.15, 0.2) is 0 Å². The maximum absolute atomic E-state index is 3.66. The maximum Gasteiger partial charge on any atom is 0.0208 e. The van der Waals surface area contributed by atoms with Gasteiger partial charge in [-0.25, -0.2) is 0 Å². The molecule has 1 atom stereocenters. The number of benzene rings is 1. The lowest BCUT2D eigenvalue weighted by Crippen LogP contribution is -2.27. The molecule has 1 nitrogen and oxygen atoms in total. The lowest BCUT2D eigenvalue weighted by Gasteiger charge is -2.16. The Balaban J connectivity index is 2.18. The van der Waals surface area contributed by atoms with Crippen LogP contribution >= 0.6 is 0 Å².